The maximum Gasteiger partial charge on any atom is 0.0670 e. The van der Waals surface area contributed by atoms with Crippen LogP contribution in [0.5, 0.6) is 0 Å². The Morgan fingerprint density at radius 1 is 1.73 bits per heavy atom. The fraction of sp³-hybridized carbons (Fsp3) is 0.545. The Bertz CT molecular complexity index is 348. The Morgan fingerprint density at radius 3 is 3.00 bits per heavy atom. The molecule has 1 atom stereocenters. The highest BCUT2D eigenvalue weighted by Crippen LogP contribution is 2.16. The fourth-order valence-corrected chi connectivity index (χ4v) is 1.62. The molecule has 0 radical (unpaired) electrons. The number of nitrogens with one attached hydrogen (secondary N) is 1. The molecule has 0 aromatic carbocycles. The van der Waals surface area contributed by atoms with Crippen LogP contribution in [-0.4, -0.2) is 22.9 Å². The molecule has 0 aliphatic heterocycles. The molecule has 0 fully saturated rings. The lowest BCUT2D eigenvalue weighted by molar-refractivity contribution is 0.577. The lowest BCUT2D eigenvalue weighted by Crippen LogP contribution is -2.28. The second kappa shape index (κ2) is 5.54. The van der Waals surface area contributed by atoms with E-state index in [-0.39, 0.29) is 6.04 Å². The zero-order valence-electron chi connectivity index (χ0n) is 9.33. The van der Waals surface area contributed by atoms with Gasteiger partial charge in [-0.3, -0.25) is 10.00 Å². The van der Waals surface area contributed by atoms with Crippen molar-refractivity contribution in [3.8, 4) is 12.3 Å². The molecule has 0 aliphatic carbocycles. The van der Waals surface area contributed by atoms with Crippen LogP contribution in [-0.2, 0) is 13.5 Å². The summed E-state index contributed by atoms with van der Waals surface area (Å²) in [5.74, 6) is 2.55. The van der Waals surface area contributed by atoms with Gasteiger partial charge in [0.15, 0.2) is 0 Å². The molecule has 4 heteroatoms. The van der Waals surface area contributed by atoms with Gasteiger partial charge in [-0.15, -0.1) is 6.42 Å². The van der Waals surface area contributed by atoms with Crippen molar-refractivity contribution in [3.63, 3.8) is 0 Å². The van der Waals surface area contributed by atoms with Crippen molar-refractivity contribution in [2.45, 2.75) is 19.4 Å². The largest absolute Gasteiger partial charge is 0.329 e. The summed E-state index contributed by atoms with van der Waals surface area (Å²) in [7, 11) is 1.91. The molecule has 1 heterocycles. The summed E-state index contributed by atoms with van der Waals surface area (Å²) in [6, 6.07) is 0.102. The first-order valence-corrected chi connectivity index (χ1v) is 5.12. The molecule has 0 amide bonds. The van der Waals surface area contributed by atoms with E-state index in [1.807, 2.05) is 17.9 Å². The molecule has 0 bridgehead atoms. The summed E-state index contributed by atoms with van der Waals surface area (Å²) in [5, 5.41) is 7.58. The lowest BCUT2D eigenvalue weighted by Gasteiger charge is -2.14. The third kappa shape index (κ3) is 2.82. The lowest BCUT2D eigenvalue weighted by atomic mass is 10.1. The molecule has 1 aromatic rings. The van der Waals surface area contributed by atoms with Crippen molar-refractivity contribution < 1.29 is 0 Å². The third-order valence-corrected chi connectivity index (χ3v) is 2.33. The topological polar surface area (TPSA) is 55.9 Å². The Balaban J connectivity index is 2.85. The van der Waals surface area contributed by atoms with Crippen LogP contribution in [0.4, 0.5) is 0 Å². The van der Waals surface area contributed by atoms with Crippen LogP contribution in [0.3, 0.4) is 0 Å². The van der Waals surface area contributed by atoms with Crippen molar-refractivity contribution in [1.29, 1.82) is 0 Å². The van der Waals surface area contributed by atoms with Gasteiger partial charge in [-0.05, 0) is 6.42 Å². The summed E-state index contributed by atoms with van der Waals surface area (Å²) in [6.07, 6.45) is 8.12. The van der Waals surface area contributed by atoms with E-state index in [1.165, 1.54) is 0 Å². The number of aromatic nitrogens is 2. The van der Waals surface area contributed by atoms with Crippen molar-refractivity contribution in [2.24, 2.45) is 12.8 Å². The Labute approximate surface area is 90.8 Å². The zero-order chi connectivity index (χ0) is 11.3. The first-order valence-electron chi connectivity index (χ1n) is 5.12. The SMILES string of the molecule is C#CCNC(CN)c1cn(C)nc1CC. The molecule has 1 aromatic heterocycles. The molecule has 4 nitrogen and oxygen atoms in total. The van der Waals surface area contributed by atoms with Crippen LogP contribution in [0, 0.1) is 12.3 Å². The molecule has 0 aliphatic rings. The van der Waals surface area contributed by atoms with Gasteiger partial charge in [0.1, 0.15) is 0 Å². The normalized spacial score (nSPS) is 12.4. The van der Waals surface area contributed by atoms with Crippen LogP contribution in [0.1, 0.15) is 24.2 Å². The predicted molar refractivity (Wildman–Crippen MR) is 61.2 cm³/mol. The summed E-state index contributed by atoms with van der Waals surface area (Å²) in [6.45, 7) is 3.14. The van der Waals surface area contributed by atoms with Crippen LogP contribution in [0.15, 0.2) is 6.20 Å². The van der Waals surface area contributed by atoms with Gasteiger partial charge < -0.3 is 5.73 Å². The highest BCUT2D eigenvalue weighted by molar-refractivity contribution is 5.22. The number of nitrogens with zero attached hydrogens (tertiary/aromatic N) is 2. The van der Waals surface area contributed by atoms with Gasteiger partial charge >= 0.3 is 0 Å². The molecule has 3 N–H and O–H groups in total. The average molecular weight is 206 g/mol. The monoisotopic (exact) mass is 206 g/mol. The molecule has 0 spiro atoms. The average Bonchev–Trinajstić information content (AvgIpc) is 2.61. The second-order valence-corrected chi connectivity index (χ2v) is 3.43. The number of terminal acetylenes is 1. The van der Waals surface area contributed by atoms with Crippen molar-refractivity contribution >= 4 is 0 Å². The standard InChI is InChI=1S/C11H18N4/c1-4-6-13-11(7-12)9-8-15(3)14-10(9)5-2/h1,8,11,13H,5-7,12H2,2-3H3. The molecular weight excluding hydrogens is 188 g/mol. The van der Waals surface area contributed by atoms with Crippen LogP contribution in [0.2, 0.25) is 0 Å². The van der Waals surface area contributed by atoms with E-state index in [9.17, 15) is 0 Å². The van der Waals surface area contributed by atoms with Crippen molar-refractivity contribution in [2.75, 3.05) is 13.1 Å². The van der Waals surface area contributed by atoms with Gasteiger partial charge in [-0.25, -0.2) is 0 Å². The van der Waals surface area contributed by atoms with Crippen LogP contribution in [0.25, 0.3) is 0 Å². The van der Waals surface area contributed by atoms with E-state index in [1.54, 1.807) is 0 Å². The summed E-state index contributed by atoms with van der Waals surface area (Å²) in [4.78, 5) is 0. The van der Waals surface area contributed by atoms with Crippen molar-refractivity contribution in [1.82, 2.24) is 15.1 Å². The number of nitrogens with two attached hydrogens (primary N) is 1. The van der Waals surface area contributed by atoms with Crippen LogP contribution >= 0.6 is 0 Å². The van der Waals surface area contributed by atoms with E-state index in [2.05, 4.69) is 23.3 Å². The summed E-state index contributed by atoms with van der Waals surface area (Å²) in [5.41, 5.74) is 7.94. The molecule has 15 heavy (non-hydrogen) atoms. The quantitative estimate of drug-likeness (QED) is 0.677. The minimum atomic E-state index is 0.102. The Morgan fingerprint density at radius 2 is 2.47 bits per heavy atom. The molecule has 1 unspecified atom stereocenters. The number of hydrogen-bond acceptors (Lipinski definition) is 3. The minimum absolute atomic E-state index is 0.102. The van der Waals surface area contributed by atoms with Gasteiger partial charge in [0, 0.05) is 31.4 Å². The van der Waals surface area contributed by atoms with Crippen molar-refractivity contribution in [3.05, 3.63) is 17.5 Å². The minimum Gasteiger partial charge on any atom is -0.329 e. The van der Waals surface area contributed by atoms with Gasteiger partial charge in [0.2, 0.25) is 0 Å². The van der Waals surface area contributed by atoms with E-state index >= 15 is 0 Å². The highest BCUT2D eigenvalue weighted by Gasteiger charge is 2.15. The van der Waals surface area contributed by atoms with Gasteiger partial charge in [0.05, 0.1) is 12.2 Å². The first-order chi connectivity index (χ1) is 7.22. The van der Waals surface area contributed by atoms with E-state index in [4.69, 9.17) is 12.2 Å². The van der Waals surface area contributed by atoms with E-state index < -0.39 is 0 Å². The summed E-state index contributed by atoms with van der Waals surface area (Å²) >= 11 is 0. The summed E-state index contributed by atoms with van der Waals surface area (Å²) < 4.78 is 1.81. The fourth-order valence-electron chi connectivity index (χ4n) is 1.62. The van der Waals surface area contributed by atoms with Gasteiger partial charge in [0.25, 0.3) is 0 Å². The molecular formula is C11H18N4. The smallest absolute Gasteiger partial charge is 0.0670 e. The van der Waals surface area contributed by atoms with E-state index in [0.29, 0.717) is 13.1 Å². The van der Waals surface area contributed by atoms with E-state index in [0.717, 1.165) is 17.7 Å². The van der Waals surface area contributed by atoms with Gasteiger partial charge in [-0.1, -0.05) is 12.8 Å². The number of aryl methyl sites for hydroxylation is 2. The highest BCUT2D eigenvalue weighted by atomic mass is 15.3. The third-order valence-electron chi connectivity index (χ3n) is 2.33. The number of hydrogen-bond donors (Lipinski definition) is 2. The second-order valence-electron chi connectivity index (χ2n) is 3.43. The predicted octanol–water partition coefficient (Wildman–Crippen LogP) is 0.205. The number of rotatable bonds is 5. The molecule has 0 saturated carbocycles. The maximum absolute atomic E-state index is 5.71. The Kier molecular flexibility index (Phi) is 4.35. The first kappa shape index (κ1) is 11.8. The maximum atomic E-state index is 5.71. The molecule has 82 valence electrons. The molecule has 1 rings (SSSR count). The molecule has 0 saturated heterocycles. The zero-order valence-corrected chi connectivity index (χ0v) is 9.33. The Hall–Kier alpha value is -1.31. The van der Waals surface area contributed by atoms with Gasteiger partial charge in [-0.2, -0.15) is 5.10 Å². The van der Waals surface area contributed by atoms with Crippen LogP contribution < -0.4 is 11.1 Å².